The first-order valence-electron chi connectivity index (χ1n) is 8.70. The third-order valence-corrected chi connectivity index (χ3v) is 5.98. The summed E-state index contributed by atoms with van der Waals surface area (Å²) in [4.78, 5) is 27.0. The van der Waals surface area contributed by atoms with Crippen molar-refractivity contribution < 1.29 is 4.79 Å². The average Bonchev–Trinajstić information content (AvgIpc) is 3.10. The number of hydrogen-bond donors (Lipinski definition) is 1. The molecule has 136 valence electrons. The van der Waals surface area contributed by atoms with Crippen LogP contribution in [-0.4, -0.2) is 53.0 Å². The third kappa shape index (κ3) is 3.73. The van der Waals surface area contributed by atoms with Crippen LogP contribution < -0.4 is 10.6 Å². The summed E-state index contributed by atoms with van der Waals surface area (Å²) >= 11 is 1.63. The molecule has 2 aliphatic heterocycles. The molecule has 2 aromatic heterocycles. The number of nitrogens with zero attached hydrogens (tertiary/aromatic N) is 4. The fourth-order valence-electron chi connectivity index (χ4n) is 3.78. The van der Waals surface area contributed by atoms with Gasteiger partial charge in [0.15, 0.2) is 0 Å². The molecule has 0 aliphatic carbocycles. The van der Waals surface area contributed by atoms with Gasteiger partial charge in [0.25, 0.3) is 0 Å². The fourth-order valence-corrected chi connectivity index (χ4v) is 4.51. The Morgan fingerprint density at radius 1 is 1.20 bits per heavy atom. The molecule has 6 nitrogen and oxygen atoms in total. The second-order valence-corrected chi connectivity index (χ2v) is 7.68. The molecule has 4 heterocycles. The van der Waals surface area contributed by atoms with E-state index in [0.29, 0.717) is 5.91 Å². The zero-order valence-electron chi connectivity index (χ0n) is 14.1. The molecular formula is C17H24ClN5OS. The van der Waals surface area contributed by atoms with E-state index in [-0.39, 0.29) is 24.4 Å². The van der Waals surface area contributed by atoms with Gasteiger partial charge in [0.1, 0.15) is 17.0 Å². The highest BCUT2D eigenvalue weighted by atomic mass is 35.5. The number of hydrogen-bond acceptors (Lipinski definition) is 6. The van der Waals surface area contributed by atoms with Crippen molar-refractivity contribution >= 4 is 45.7 Å². The number of fused-ring (bicyclic) bond motifs is 1. The van der Waals surface area contributed by atoms with E-state index in [2.05, 4.69) is 20.9 Å². The molecule has 8 heteroatoms. The van der Waals surface area contributed by atoms with E-state index in [1.165, 1.54) is 0 Å². The Balaban J connectivity index is 0.00000182. The van der Waals surface area contributed by atoms with Crippen LogP contribution in [0.4, 0.5) is 5.82 Å². The van der Waals surface area contributed by atoms with Crippen LogP contribution in [0.15, 0.2) is 17.8 Å². The van der Waals surface area contributed by atoms with E-state index in [9.17, 15) is 4.79 Å². The van der Waals surface area contributed by atoms with E-state index < -0.39 is 0 Å². The Labute approximate surface area is 157 Å². The number of aromatic nitrogens is 2. The van der Waals surface area contributed by atoms with Crippen LogP contribution in [0.25, 0.3) is 10.2 Å². The standard InChI is InChI=1S/C17H23N5OS.ClH/c18-13-3-7-21(8-4-13)17(23)12-2-1-6-22(10-12)15-14-5-9-24-16(14)20-11-19-15;/h5,9,11-13H,1-4,6-8,10,18H2;1H. The Morgan fingerprint density at radius 2 is 2.00 bits per heavy atom. The number of anilines is 1. The molecule has 2 N–H and O–H groups in total. The van der Waals surface area contributed by atoms with Gasteiger partial charge < -0.3 is 15.5 Å². The number of carbonyl (C=O) groups excluding carboxylic acids is 1. The number of rotatable bonds is 2. The van der Waals surface area contributed by atoms with Gasteiger partial charge in [-0.25, -0.2) is 9.97 Å². The van der Waals surface area contributed by atoms with E-state index in [4.69, 9.17) is 5.73 Å². The molecule has 1 amide bonds. The van der Waals surface area contributed by atoms with Crippen molar-refractivity contribution in [2.45, 2.75) is 31.7 Å². The van der Waals surface area contributed by atoms with E-state index >= 15 is 0 Å². The second kappa shape index (κ2) is 7.85. The molecule has 2 aromatic rings. The van der Waals surface area contributed by atoms with Gasteiger partial charge in [-0.05, 0) is 37.1 Å². The van der Waals surface area contributed by atoms with Crippen LogP contribution in [0.1, 0.15) is 25.7 Å². The molecule has 0 saturated carbocycles. The molecule has 0 bridgehead atoms. The Hall–Kier alpha value is -1.44. The topological polar surface area (TPSA) is 75.3 Å². The normalized spacial score (nSPS) is 22.0. The highest BCUT2D eigenvalue weighted by Gasteiger charge is 2.31. The zero-order chi connectivity index (χ0) is 16.5. The zero-order valence-corrected chi connectivity index (χ0v) is 15.8. The van der Waals surface area contributed by atoms with Crippen molar-refractivity contribution in [3.8, 4) is 0 Å². The first-order chi connectivity index (χ1) is 11.7. The summed E-state index contributed by atoms with van der Waals surface area (Å²) in [5, 5.41) is 3.14. The second-order valence-electron chi connectivity index (χ2n) is 6.78. The lowest BCUT2D eigenvalue weighted by atomic mass is 9.95. The van der Waals surface area contributed by atoms with Crippen molar-refractivity contribution in [3.63, 3.8) is 0 Å². The van der Waals surface area contributed by atoms with Gasteiger partial charge in [0.2, 0.25) is 5.91 Å². The van der Waals surface area contributed by atoms with Gasteiger partial charge in [-0.15, -0.1) is 23.7 Å². The van der Waals surface area contributed by atoms with Gasteiger partial charge in [0, 0.05) is 32.2 Å². The molecular weight excluding hydrogens is 358 g/mol. The van der Waals surface area contributed by atoms with Gasteiger partial charge in [-0.2, -0.15) is 0 Å². The van der Waals surface area contributed by atoms with Crippen molar-refractivity contribution in [1.29, 1.82) is 0 Å². The first kappa shape index (κ1) is 18.4. The van der Waals surface area contributed by atoms with Crippen molar-refractivity contribution in [2.75, 3.05) is 31.1 Å². The fraction of sp³-hybridized carbons (Fsp3) is 0.588. The molecule has 0 spiro atoms. The van der Waals surface area contributed by atoms with Crippen LogP contribution in [-0.2, 0) is 4.79 Å². The van der Waals surface area contributed by atoms with Crippen LogP contribution in [0.3, 0.4) is 0 Å². The lowest BCUT2D eigenvalue weighted by Gasteiger charge is -2.37. The first-order valence-corrected chi connectivity index (χ1v) is 9.58. The van der Waals surface area contributed by atoms with Crippen LogP contribution in [0.5, 0.6) is 0 Å². The molecule has 4 rings (SSSR count). The minimum atomic E-state index is 0. The number of nitrogens with two attached hydrogens (primary N) is 1. The molecule has 1 atom stereocenters. The number of piperidine rings is 2. The van der Waals surface area contributed by atoms with Crippen molar-refractivity contribution in [1.82, 2.24) is 14.9 Å². The molecule has 1 unspecified atom stereocenters. The minimum absolute atomic E-state index is 0. The molecule has 25 heavy (non-hydrogen) atoms. The maximum atomic E-state index is 12.9. The van der Waals surface area contributed by atoms with Crippen molar-refractivity contribution in [3.05, 3.63) is 17.8 Å². The van der Waals surface area contributed by atoms with Gasteiger partial charge >= 0.3 is 0 Å². The van der Waals surface area contributed by atoms with E-state index in [1.54, 1.807) is 17.7 Å². The Kier molecular flexibility index (Phi) is 5.76. The van der Waals surface area contributed by atoms with Gasteiger partial charge in [-0.3, -0.25) is 4.79 Å². The minimum Gasteiger partial charge on any atom is -0.355 e. The largest absolute Gasteiger partial charge is 0.355 e. The monoisotopic (exact) mass is 381 g/mol. The number of carbonyl (C=O) groups is 1. The Morgan fingerprint density at radius 3 is 2.80 bits per heavy atom. The smallest absolute Gasteiger partial charge is 0.227 e. The molecule has 2 aliphatic rings. The van der Waals surface area contributed by atoms with Crippen LogP contribution >= 0.6 is 23.7 Å². The van der Waals surface area contributed by atoms with Crippen LogP contribution in [0.2, 0.25) is 0 Å². The summed E-state index contributed by atoms with van der Waals surface area (Å²) in [7, 11) is 0. The predicted molar refractivity (Wildman–Crippen MR) is 103 cm³/mol. The number of amides is 1. The molecule has 0 radical (unpaired) electrons. The maximum Gasteiger partial charge on any atom is 0.227 e. The predicted octanol–water partition coefficient (Wildman–Crippen LogP) is 2.28. The highest BCUT2D eigenvalue weighted by molar-refractivity contribution is 7.16. The van der Waals surface area contributed by atoms with E-state index in [1.807, 2.05) is 10.3 Å². The molecule has 2 saturated heterocycles. The number of likely N-dealkylation sites (tertiary alicyclic amines) is 1. The quantitative estimate of drug-likeness (QED) is 0.863. The lowest BCUT2D eigenvalue weighted by Crippen LogP contribution is -2.49. The summed E-state index contributed by atoms with van der Waals surface area (Å²) in [6, 6.07) is 2.33. The van der Waals surface area contributed by atoms with Gasteiger partial charge in [-0.1, -0.05) is 0 Å². The maximum absolute atomic E-state index is 12.9. The summed E-state index contributed by atoms with van der Waals surface area (Å²) in [5.41, 5.74) is 5.96. The third-order valence-electron chi connectivity index (χ3n) is 5.16. The summed E-state index contributed by atoms with van der Waals surface area (Å²) in [5.74, 6) is 1.33. The lowest BCUT2D eigenvalue weighted by molar-refractivity contribution is -0.136. The summed E-state index contributed by atoms with van der Waals surface area (Å²) in [6.07, 6.45) is 5.47. The van der Waals surface area contributed by atoms with Gasteiger partial charge in [0.05, 0.1) is 11.3 Å². The van der Waals surface area contributed by atoms with Crippen molar-refractivity contribution in [2.24, 2.45) is 11.7 Å². The summed E-state index contributed by atoms with van der Waals surface area (Å²) in [6.45, 7) is 3.32. The Bertz CT molecular complexity index is 731. The highest BCUT2D eigenvalue weighted by Crippen LogP contribution is 2.30. The van der Waals surface area contributed by atoms with E-state index in [0.717, 1.165) is 67.9 Å². The SMILES string of the molecule is Cl.NC1CCN(C(=O)C2CCCN(c3ncnc4sccc34)C2)CC1. The summed E-state index contributed by atoms with van der Waals surface area (Å²) < 4.78 is 0. The number of thiophene rings is 1. The molecule has 2 fully saturated rings. The molecule has 0 aromatic carbocycles. The van der Waals surface area contributed by atoms with Crippen LogP contribution in [0, 0.1) is 5.92 Å². The number of halogens is 1. The average molecular weight is 382 g/mol.